The van der Waals surface area contributed by atoms with E-state index in [0.717, 1.165) is 22.4 Å². The Labute approximate surface area is 195 Å². The van der Waals surface area contributed by atoms with Crippen molar-refractivity contribution < 1.29 is 14.3 Å². The maximum atomic E-state index is 13.0. The van der Waals surface area contributed by atoms with Crippen LogP contribution >= 0.6 is 0 Å². The number of nitrogens with two attached hydrogens (primary N) is 1. The number of nitrogens with zero attached hydrogens (tertiary/aromatic N) is 2. The van der Waals surface area contributed by atoms with E-state index in [-0.39, 0.29) is 24.4 Å². The molecule has 0 saturated carbocycles. The second-order valence-electron chi connectivity index (χ2n) is 7.85. The van der Waals surface area contributed by atoms with Crippen LogP contribution < -0.4 is 26.0 Å². The van der Waals surface area contributed by atoms with Crippen molar-refractivity contribution in [2.24, 2.45) is 10.7 Å². The highest BCUT2D eigenvalue weighted by molar-refractivity contribution is 6.10. The van der Waals surface area contributed by atoms with Gasteiger partial charge in [-0.2, -0.15) is 0 Å². The summed E-state index contributed by atoms with van der Waals surface area (Å²) in [5.74, 6) is 0.266. The first-order valence-corrected chi connectivity index (χ1v) is 10.6. The highest BCUT2D eigenvalue weighted by Gasteiger charge is 2.16. The molecule has 0 aromatic heterocycles. The average Bonchev–Trinajstić information content (AvgIpc) is 2.81. The molecule has 2 aromatic rings. The normalized spacial score (nSPS) is 12.4. The number of anilines is 1. The second kappa shape index (κ2) is 11.7. The van der Waals surface area contributed by atoms with Gasteiger partial charge in [0.1, 0.15) is 12.3 Å². The quantitative estimate of drug-likeness (QED) is 0.508. The van der Waals surface area contributed by atoms with Crippen LogP contribution in [0.25, 0.3) is 5.57 Å². The largest absolute Gasteiger partial charge is 0.497 e. The maximum absolute atomic E-state index is 13.0. The topological polar surface area (TPSA) is 109 Å². The van der Waals surface area contributed by atoms with E-state index in [0.29, 0.717) is 16.9 Å². The Balaban J connectivity index is 2.30. The number of rotatable bonds is 9. The number of methoxy groups -OCH3 is 1. The molecular weight excluding hydrogens is 418 g/mol. The Morgan fingerprint density at radius 3 is 2.55 bits per heavy atom. The fourth-order valence-electron chi connectivity index (χ4n) is 3.17. The maximum Gasteiger partial charge on any atom is 0.252 e. The molecule has 0 aliphatic rings. The number of allylic oxidation sites excluding steroid dienone is 1. The lowest BCUT2D eigenvalue weighted by atomic mass is 9.99. The molecule has 0 radical (unpaired) electrons. The van der Waals surface area contributed by atoms with Crippen molar-refractivity contribution in [2.45, 2.75) is 19.9 Å². The van der Waals surface area contributed by atoms with Crippen molar-refractivity contribution in [3.63, 3.8) is 0 Å². The van der Waals surface area contributed by atoms with E-state index in [9.17, 15) is 9.59 Å². The van der Waals surface area contributed by atoms with E-state index in [4.69, 9.17) is 10.5 Å². The first-order valence-electron chi connectivity index (χ1n) is 10.6. The van der Waals surface area contributed by atoms with Crippen molar-refractivity contribution in [1.29, 1.82) is 0 Å². The van der Waals surface area contributed by atoms with Crippen molar-refractivity contribution in [3.8, 4) is 5.75 Å². The van der Waals surface area contributed by atoms with Crippen molar-refractivity contribution in [2.75, 3.05) is 39.7 Å². The van der Waals surface area contributed by atoms with Crippen LogP contribution in [0, 0.1) is 6.92 Å². The molecule has 2 rings (SSSR count). The van der Waals surface area contributed by atoms with Crippen molar-refractivity contribution in [1.82, 2.24) is 10.6 Å². The van der Waals surface area contributed by atoms with Gasteiger partial charge < -0.3 is 26.0 Å². The minimum Gasteiger partial charge on any atom is -0.497 e. The summed E-state index contributed by atoms with van der Waals surface area (Å²) in [6, 6.07) is 11.1. The van der Waals surface area contributed by atoms with E-state index >= 15 is 0 Å². The molecule has 176 valence electrons. The number of benzene rings is 2. The van der Waals surface area contributed by atoms with Gasteiger partial charge in [0.2, 0.25) is 5.91 Å². The number of aliphatic imine (C=N–C) groups is 1. The zero-order chi connectivity index (χ0) is 24.5. The summed E-state index contributed by atoms with van der Waals surface area (Å²) in [5, 5.41) is 5.59. The third kappa shape index (κ3) is 6.83. The molecule has 1 unspecified atom stereocenters. The molecule has 33 heavy (non-hydrogen) atoms. The fraction of sp³-hybridized carbons (Fsp3) is 0.320. The molecule has 0 heterocycles. The summed E-state index contributed by atoms with van der Waals surface area (Å²) in [5.41, 5.74) is 10.5. The van der Waals surface area contributed by atoms with E-state index in [1.807, 2.05) is 69.2 Å². The van der Waals surface area contributed by atoms with Gasteiger partial charge in [-0.25, -0.2) is 0 Å². The summed E-state index contributed by atoms with van der Waals surface area (Å²) in [4.78, 5) is 30.6. The molecule has 8 heteroatoms. The zero-order valence-corrected chi connectivity index (χ0v) is 20.1. The van der Waals surface area contributed by atoms with Gasteiger partial charge in [0, 0.05) is 50.4 Å². The SMILES string of the molecule is CNC(=O)CN=C/C(=C\N)c1cc(OC)cc(C(C)NC(=O)c2cc(N(C)C)ccc2C)c1. The van der Waals surface area contributed by atoms with Gasteiger partial charge in [-0.3, -0.25) is 14.6 Å². The standard InChI is InChI=1S/C25H33N5O3/c1-16-7-8-21(30(4)5)12-23(16)25(32)29-17(2)18-9-19(11-22(10-18)33-6)20(13-26)14-28-15-24(31)27-3/h7-14,17H,15,26H2,1-6H3,(H,27,31)(H,29,32)/b20-13+,28-14?. The first kappa shape index (κ1) is 25.5. The molecule has 0 spiro atoms. The number of ether oxygens (including phenoxy) is 1. The second-order valence-corrected chi connectivity index (χ2v) is 7.85. The molecule has 2 aromatic carbocycles. The molecule has 4 N–H and O–H groups in total. The Morgan fingerprint density at radius 2 is 1.94 bits per heavy atom. The lowest BCUT2D eigenvalue weighted by Crippen LogP contribution is -2.27. The predicted octanol–water partition coefficient (Wildman–Crippen LogP) is 2.68. The van der Waals surface area contributed by atoms with Crippen LogP contribution in [-0.4, -0.2) is 52.8 Å². The van der Waals surface area contributed by atoms with Crippen LogP contribution in [-0.2, 0) is 4.79 Å². The summed E-state index contributed by atoms with van der Waals surface area (Å²) in [6.07, 6.45) is 2.97. The Hall–Kier alpha value is -3.81. The third-order valence-corrected chi connectivity index (χ3v) is 5.25. The van der Waals surface area contributed by atoms with E-state index in [2.05, 4.69) is 15.6 Å². The van der Waals surface area contributed by atoms with Crippen LogP contribution in [0.5, 0.6) is 5.75 Å². The van der Waals surface area contributed by atoms with Gasteiger partial charge in [0.15, 0.2) is 0 Å². The van der Waals surface area contributed by atoms with Gasteiger partial charge in [0.05, 0.1) is 13.2 Å². The minimum absolute atomic E-state index is 0.00247. The van der Waals surface area contributed by atoms with Crippen LogP contribution in [0.1, 0.15) is 40.0 Å². The number of carbonyl (C=O) groups excluding carboxylic acids is 2. The summed E-state index contributed by atoms with van der Waals surface area (Å²) >= 11 is 0. The van der Waals surface area contributed by atoms with E-state index in [1.165, 1.54) is 6.20 Å². The predicted molar refractivity (Wildman–Crippen MR) is 134 cm³/mol. The number of amides is 2. The number of carbonyl (C=O) groups is 2. The number of aryl methyl sites for hydroxylation is 1. The summed E-state index contributed by atoms with van der Waals surface area (Å²) in [6.45, 7) is 3.83. The number of nitrogens with one attached hydrogen (secondary N) is 2. The van der Waals surface area contributed by atoms with Crippen molar-refractivity contribution >= 4 is 29.3 Å². The van der Waals surface area contributed by atoms with Gasteiger partial charge in [0.25, 0.3) is 5.91 Å². The first-order chi connectivity index (χ1) is 15.7. The number of hydrogen-bond donors (Lipinski definition) is 3. The molecule has 2 amide bonds. The van der Waals surface area contributed by atoms with Gasteiger partial charge in [-0.15, -0.1) is 0 Å². The molecule has 0 aliphatic carbocycles. The van der Waals surface area contributed by atoms with Crippen LogP contribution in [0.15, 0.2) is 47.6 Å². The van der Waals surface area contributed by atoms with Crippen molar-refractivity contribution in [3.05, 3.63) is 64.9 Å². The van der Waals surface area contributed by atoms with Crippen LogP contribution in [0.2, 0.25) is 0 Å². The summed E-state index contributed by atoms with van der Waals surface area (Å²) < 4.78 is 5.46. The highest BCUT2D eigenvalue weighted by Crippen LogP contribution is 2.26. The zero-order valence-electron chi connectivity index (χ0n) is 20.1. The monoisotopic (exact) mass is 451 g/mol. The van der Waals surface area contributed by atoms with Crippen LogP contribution in [0.4, 0.5) is 5.69 Å². The third-order valence-electron chi connectivity index (χ3n) is 5.25. The van der Waals surface area contributed by atoms with Gasteiger partial charge >= 0.3 is 0 Å². The molecule has 0 bridgehead atoms. The number of likely N-dealkylation sites (N-methyl/N-ethyl adjacent to an activating group) is 1. The lowest BCUT2D eigenvalue weighted by Gasteiger charge is -2.19. The van der Waals surface area contributed by atoms with E-state index in [1.54, 1.807) is 20.4 Å². The molecule has 0 aliphatic heterocycles. The average molecular weight is 452 g/mol. The van der Waals surface area contributed by atoms with E-state index < -0.39 is 0 Å². The molecule has 0 saturated heterocycles. The van der Waals surface area contributed by atoms with Gasteiger partial charge in [-0.05, 0) is 60.9 Å². The Bertz CT molecular complexity index is 1060. The smallest absolute Gasteiger partial charge is 0.252 e. The Morgan fingerprint density at radius 1 is 1.21 bits per heavy atom. The lowest BCUT2D eigenvalue weighted by molar-refractivity contribution is -0.119. The molecule has 1 atom stereocenters. The molecule has 8 nitrogen and oxygen atoms in total. The summed E-state index contributed by atoms with van der Waals surface area (Å²) in [7, 11) is 7.01. The fourth-order valence-corrected chi connectivity index (χ4v) is 3.17. The highest BCUT2D eigenvalue weighted by atomic mass is 16.5. The van der Waals surface area contributed by atoms with Crippen LogP contribution in [0.3, 0.4) is 0 Å². The molecule has 0 fully saturated rings. The molecular formula is C25H33N5O3. The minimum atomic E-state index is -0.296. The Kier molecular flexibility index (Phi) is 9.03. The van der Waals surface area contributed by atoms with Gasteiger partial charge in [-0.1, -0.05) is 6.07 Å². The number of hydrogen-bond acceptors (Lipinski definition) is 6.